The highest BCUT2D eigenvalue weighted by Crippen LogP contribution is 2.19. The van der Waals surface area contributed by atoms with Crippen molar-refractivity contribution in [2.24, 2.45) is 0 Å². The summed E-state index contributed by atoms with van der Waals surface area (Å²) in [4.78, 5) is 3.94. The normalized spacial score (nSPS) is 12.5. The second-order valence-electron chi connectivity index (χ2n) is 5.10. The van der Waals surface area contributed by atoms with Crippen LogP contribution in [0.25, 0.3) is 0 Å². The van der Waals surface area contributed by atoms with E-state index in [9.17, 15) is 5.11 Å². The fourth-order valence-electron chi connectivity index (χ4n) is 2.29. The summed E-state index contributed by atoms with van der Waals surface area (Å²) in [6, 6.07) is 11.6. The zero-order valence-electron chi connectivity index (χ0n) is 11.9. The van der Waals surface area contributed by atoms with Crippen molar-refractivity contribution < 1.29 is 9.52 Å². The maximum absolute atomic E-state index is 9.95. The molecule has 6 heteroatoms. The van der Waals surface area contributed by atoms with Gasteiger partial charge in [-0.05, 0) is 36.2 Å². The molecule has 1 atom stereocenters. The molecule has 0 fully saturated rings. The molecule has 3 aromatic rings. The van der Waals surface area contributed by atoms with Gasteiger partial charge in [-0.15, -0.1) is 0 Å². The van der Waals surface area contributed by atoms with Crippen LogP contribution in [0.2, 0.25) is 5.02 Å². The SMILES string of the molecule is OC(CCc1ccc(Cc2cccc(Cl)c2)o1)c1ncn[nH]1. The van der Waals surface area contributed by atoms with E-state index in [-0.39, 0.29) is 0 Å². The fraction of sp³-hybridized carbons (Fsp3) is 0.250. The Labute approximate surface area is 133 Å². The van der Waals surface area contributed by atoms with Gasteiger partial charge in [-0.1, -0.05) is 23.7 Å². The monoisotopic (exact) mass is 317 g/mol. The topological polar surface area (TPSA) is 74.9 Å². The average Bonchev–Trinajstić information content (AvgIpc) is 3.16. The first-order chi connectivity index (χ1) is 10.7. The molecule has 0 amide bonds. The number of nitrogens with one attached hydrogen (secondary N) is 1. The number of aliphatic hydroxyl groups is 1. The van der Waals surface area contributed by atoms with Crippen molar-refractivity contribution in [1.29, 1.82) is 0 Å². The fourth-order valence-corrected chi connectivity index (χ4v) is 2.50. The van der Waals surface area contributed by atoms with Crippen LogP contribution in [-0.2, 0) is 12.8 Å². The molecule has 0 aliphatic rings. The maximum atomic E-state index is 9.95. The Morgan fingerprint density at radius 2 is 2.09 bits per heavy atom. The zero-order valence-corrected chi connectivity index (χ0v) is 12.6. The number of benzene rings is 1. The van der Waals surface area contributed by atoms with Crippen molar-refractivity contribution in [1.82, 2.24) is 15.2 Å². The number of hydrogen-bond donors (Lipinski definition) is 2. The minimum absolute atomic E-state index is 0.478. The Morgan fingerprint density at radius 1 is 1.23 bits per heavy atom. The highest BCUT2D eigenvalue weighted by molar-refractivity contribution is 6.30. The molecule has 5 nitrogen and oxygen atoms in total. The second-order valence-corrected chi connectivity index (χ2v) is 5.54. The number of aromatic amines is 1. The summed E-state index contributed by atoms with van der Waals surface area (Å²) in [5, 5.41) is 17.1. The Bertz CT molecular complexity index is 725. The van der Waals surface area contributed by atoms with E-state index in [0.29, 0.717) is 25.1 Å². The van der Waals surface area contributed by atoms with Crippen LogP contribution in [0, 0.1) is 0 Å². The third-order valence-electron chi connectivity index (χ3n) is 3.40. The van der Waals surface area contributed by atoms with Gasteiger partial charge >= 0.3 is 0 Å². The van der Waals surface area contributed by atoms with Gasteiger partial charge in [-0.2, -0.15) is 5.10 Å². The van der Waals surface area contributed by atoms with E-state index in [1.165, 1.54) is 6.33 Å². The molecule has 1 unspecified atom stereocenters. The Hall–Kier alpha value is -2.11. The summed E-state index contributed by atoms with van der Waals surface area (Å²) < 4.78 is 5.79. The molecule has 2 heterocycles. The van der Waals surface area contributed by atoms with Crippen LogP contribution >= 0.6 is 11.6 Å². The van der Waals surface area contributed by atoms with Crippen molar-refractivity contribution in [3.05, 3.63) is 70.7 Å². The van der Waals surface area contributed by atoms with E-state index in [4.69, 9.17) is 16.0 Å². The van der Waals surface area contributed by atoms with Gasteiger partial charge in [-0.3, -0.25) is 5.10 Å². The standard InChI is InChI=1S/C16H16ClN3O2/c17-12-3-1-2-11(8-12)9-14-5-4-13(22-14)6-7-15(21)16-18-10-19-20-16/h1-5,8,10,15,21H,6-7,9H2,(H,18,19,20). The van der Waals surface area contributed by atoms with Crippen LogP contribution in [0.4, 0.5) is 0 Å². The van der Waals surface area contributed by atoms with Crippen molar-refractivity contribution in [3.8, 4) is 0 Å². The minimum Gasteiger partial charge on any atom is -0.466 e. The number of rotatable bonds is 6. The van der Waals surface area contributed by atoms with Crippen molar-refractivity contribution in [2.45, 2.75) is 25.4 Å². The molecule has 0 aliphatic heterocycles. The lowest BCUT2D eigenvalue weighted by molar-refractivity contribution is 0.156. The molecule has 0 spiro atoms. The first-order valence-corrected chi connectivity index (χ1v) is 7.44. The highest BCUT2D eigenvalue weighted by atomic mass is 35.5. The number of aliphatic hydroxyl groups excluding tert-OH is 1. The van der Waals surface area contributed by atoms with Gasteiger partial charge in [0.2, 0.25) is 0 Å². The molecule has 2 aromatic heterocycles. The Kier molecular flexibility index (Phi) is 4.56. The van der Waals surface area contributed by atoms with Crippen LogP contribution in [-0.4, -0.2) is 20.3 Å². The molecule has 0 radical (unpaired) electrons. The van der Waals surface area contributed by atoms with E-state index in [1.807, 2.05) is 36.4 Å². The van der Waals surface area contributed by atoms with E-state index in [0.717, 1.165) is 22.1 Å². The van der Waals surface area contributed by atoms with Gasteiger partial charge in [0, 0.05) is 17.9 Å². The molecule has 114 valence electrons. The number of hydrogen-bond acceptors (Lipinski definition) is 4. The number of halogens is 1. The first-order valence-electron chi connectivity index (χ1n) is 7.06. The largest absolute Gasteiger partial charge is 0.466 e. The molecular weight excluding hydrogens is 302 g/mol. The summed E-state index contributed by atoms with van der Waals surface area (Å²) in [6.07, 6.45) is 2.58. The van der Waals surface area contributed by atoms with Gasteiger partial charge in [-0.25, -0.2) is 4.98 Å². The zero-order chi connectivity index (χ0) is 15.4. The lowest BCUT2D eigenvalue weighted by Crippen LogP contribution is -2.01. The summed E-state index contributed by atoms with van der Waals surface area (Å²) in [7, 11) is 0. The number of H-pyrrole nitrogens is 1. The minimum atomic E-state index is -0.663. The van der Waals surface area contributed by atoms with Gasteiger partial charge in [0.1, 0.15) is 24.0 Å². The molecule has 1 aromatic carbocycles. The Morgan fingerprint density at radius 3 is 2.86 bits per heavy atom. The van der Waals surface area contributed by atoms with Gasteiger partial charge in [0.05, 0.1) is 0 Å². The van der Waals surface area contributed by atoms with E-state index >= 15 is 0 Å². The van der Waals surface area contributed by atoms with E-state index in [2.05, 4.69) is 15.2 Å². The molecule has 0 saturated heterocycles. The molecular formula is C16H16ClN3O2. The predicted octanol–water partition coefficient (Wildman–Crippen LogP) is 3.31. The number of aromatic nitrogens is 3. The first kappa shape index (κ1) is 14.8. The van der Waals surface area contributed by atoms with Crippen molar-refractivity contribution in [3.63, 3.8) is 0 Å². The smallest absolute Gasteiger partial charge is 0.153 e. The Balaban J connectivity index is 1.57. The van der Waals surface area contributed by atoms with Crippen molar-refractivity contribution in [2.75, 3.05) is 0 Å². The van der Waals surface area contributed by atoms with Crippen LogP contribution in [0.5, 0.6) is 0 Å². The van der Waals surface area contributed by atoms with Gasteiger partial charge in [0.15, 0.2) is 5.82 Å². The number of aryl methyl sites for hydroxylation is 1. The van der Waals surface area contributed by atoms with Crippen LogP contribution in [0.15, 0.2) is 47.1 Å². The molecule has 2 N–H and O–H groups in total. The second kappa shape index (κ2) is 6.77. The summed E-state index contributed by atoms with van der Waals surface area (Å²) in [5.41, 5.74) is 1.11. The molecule has 0 saturated carbocycles. The molecule has 22 heavy (non-hydrogen) atoms. The van der Waals surface area contributed by atoms with Crippen molar-refractivity contribution >= 4 is 11.6 Å². The number of nitrogens with zero attached hydrogens (tertiary/aromatic N) is 2. The van der Waals surface area contributed by atoms with Crippen LogP contribution in [0.1, 0.15) is 35.4 Å². The van der Waals surface area contributed by atoms with E-state index in [1.54, 1.807) is 0 Å². The molecule has 0 aliphatic carbocycles. The van der Waals surface area contributed by atoms with Gasteiger partial charge < -0.3 is 9.52 Å². The quantitative estimate of drug-likeness (QED) is 0.731. The summed E-state index contributed by atoms with van der Waals surface area (Å²) >= 11 is 5.98. The average molecular weight is 318 g/mol. The van der Waals surface area contributed by atoms with Crippen LogP contribution < -0.4 is 0 Å². The molecule has 0 bridgehead atoms. The predicted molar refractivity (Wildman–Crippen MR) is 82.6 cm³/mol. The number of furan rings is 1. The lowest BCUT2D eigenvalue weighted by atomic mass is 10.1. The van der Waals surface area contributed by atoms with E-state index < -0.39 is 6.10 Å². The maximum Gasteiger partial charge on any atom is 0.153 e. The molecule has 3 rings (SSSR count). The van der Waals surface area contributed by atoms with Crippen LogP contribution in [0.3, 0.4) is 0 Å². The third-order valence-corrected chi connectivity index (χ3v) is 3.63. The van der Waals surface area contributed by atoms with Gasteiger partial charge in [0.25, 0.3) is 0 Å². The third kappa shape index (κ3) is 3.75. The summed E-state index contributed by atoms with van der Waals surface area (Å²) in [6.45, 7) is 0. The lowest BCUT2D eigenvalue weighted by Gasteiger charge is -2.05. The summed E-state index contributed by atoms with van der Waals surface area (Å²) in [5.74, 6) is 2.20. The highest BCUT2D eigenvalue weighted by Gasteiger charge is 2.12.